The first-order valence-electron chi connectivity index (χ1n) is 9.96. The normalized spacial score (nSPS) is 10.3. The van der Waals surface area contributed by atoms with E-state index < -0.39 is 5.97 Å². The molecule has 2 aromatic heterocycles. The summed E-state index contributed by atoms with van der Waals surface area (Å²) in [5, 5.41) is 1.81. The number of para-hydroxylation sites is 2. The SMILES string of the molecule is CCOC(=O)Cn1c(=O)ccc2cccc(OC)c21.COc1cccc2ccc(=O)[nH]c12. The molecular weight excluding hydrogens is 412 g/mol. The molecule has 0 aliphatic heterocycles. The Morgan fingerprint density at radius 1 is 0.875 bits per heavy atom. The van der Waals surface area contributed by atoms with Crippen molar-refractivity contribution in [2.45, 2.75) is 13.5 Å². The molecule has 0 aliphatic rings. The largest absolute Gasteiger partial charge is 0.495 e. The van der Waals surface area contributed by atoms with Gasteiger partial charge in [-0.2, -0.15) is 0 Å². The number of aromatic nitrogens is 2. The van der Waals surface area contributed by atoms with E-state index >= 15 is 0 Å². The lowest BCUT2D eigenvalue weighted by molar-refractivity contribution is -0.143. The molecule has 0 saturated carbocycles. The summed E-state index contributed by atoms with van der Waals surface area (Å²) in [6, 6.07) is 17.5. The number of fused-ring (bicyclic) bond motifs is 2. The number of nitrogens with zero attached hydrogens (tertiary/aromatic N) is 1. The van der Waals surface area contributed by atoms with E-state index in [1.807, 2.05) is 30.3 Å². The molecule has 8 heteroatoms. The van der Waals surface area contributed by atoms with E-state index in [9.17, 15) is 14.4 Å². The summed E-state index contributed by atoms with van der Waals surface area (Å²) < 4.78 is 16.6. The molecule has 0 bridgehead atoms. The molecule has 32 heavy (non-hydrogen) atoms. The van der Waals surface area contributed by atoms with Crippen molar-refractivity contribution in [1.82, 2.24) is 9.55 Å². The Balaban J connectivity index is 0.000000193. The zero-order valence-electron chi connectivity index (χ0n) is 18.1. The number of carbonyl (C=O) groups is 1. The Morgan fingerprint density at radius 2 is 1.53 bits per heavy atom. The van der Waals surface area contributed by atoms with Crippen LogP contribution in [0.3, 0.4) is 0 Å². The lowest BCUT2D eigenvalue weighted by Gasteiger charge is -2.12. The van der Waals surface area contributed by atoms with Gasteiger partial charge in [0.25, 0.3) is 5.56 Å². The summed E-state index contributed by atoms with van der Waals surface area (Å²) in [4.78, 5) is 37.3. The topological polar surface area (TPSA) is 99.6 Å². The second-order valence-electron chi connectivity index (χ2n) is 6.71. The van der Waals surface area contributed by atoms with Crippen LogP contribution in [0.15, 0.2) is 70.3 Å². The molecule has 4 rings (SSSR count). The van der Waals surface area contributed by atoms with E-state index in [1.165, 1.54) is 23.8 Å². The second kappa shape index (κ2) is 10.3. The zero-order valence-corrected chi connectivity index (χ0v) is 18.1. The van der Waals surface area contributed by atoms with Crippen molar-refractivity contribution in [3.05, 3.63) is 81.4 Å². The summed E-state index contributed by atoms with van der Waals surface area (Å²) in [7, 11) is 3.11. The van der Waals surface area contributed by atoms with Gasteiger partial charge in [-0.15, -0.1) is 0 Å². The number of H-pyrrole nitrogens is 1. The number of ether oxygens (including phenoxy) is 3. The molecule has 0 spiro atoms. The number of pyridine rings is 2. The Hall–Kier alpha value is -4.07. The first kappa shape index (κ1) is 22.6. The fourth-order valence-corrected chi connectivity index (χ4v) is 3.30. The number of benzene rings is 2. The third kappa shape index (κ3) is 4.97. The highest BCUT2D eigenvalue weighted by Gasteiger charge is 2.12. The van der Waals surface area contributed by atoms with Crippen LogP contribution in [0.25, 0.3) is 21.8 Å². The van der Waals surface area contributed by atoms with Gasteiger partial charge in [-0.1, -0.05) is 24.3 Å². The van der Waals surface area contributed by atoms with Gasteiger partial charge in [0.15, 0.2) is 0 Å². The van der Waals surface area contributed by atoms with E-state index in [2.05, 4.69) is 4.98 Å². The van der Waals surface area contributed by atoms with Gasteiger partial charge in [0.05, 0.1) is 31.9 Å². The Morgan fingerprint density at radius 3 is 2.22 bits per heavy atom. The van der Waals surface area contributed by atoms with Crippen LogP contribution < -0.4 is 20.6 Å². The van der Waals surface area contributed by atoms with Gasteiger partial charge in [-0.05, 0) is 31.2 Å². The van der Waals surface area contributed by atoms with Gasteiger partial charge in [-0.3, -0.25) is 19.0 Å². The van der Waals surface area contributed by atoms with Crippen LogP contribution in [0.5, 0.6) is 11.5 Å². The second-order valence-corrected chi connectivity index (χ2v) is 6.71. The van der Waals surface area contributed by atoms with Crippen LogP contribution in [0.2, 0.25) is 0 Å². The highest BCUT2D eigenvalue weighted by molar-refractivity contribution is 5.86. The summed E-state index contributed by atoms with van der Waals surface area (Å²) in [6.45, 7) is 1.89. The van der Waals surface area contributed by atoms with Crippen molar-refractivity contribution in [1.29, 1.82) is 0 Å². The molecular formula is C24H24N2O6. The minimum Gasteiger partial charge on any atom is -0.495 e. The molecule has 8 nitrogen and oxygen atoms in total. The summed E-state index contributed by atoms with van der Waals surface area (Å²) in [5.41, 5.74) is 0.977. The van der Waals surface area contributed by atoms with Gasteiger partial charge in [-0.25, -0.2) is 0 Å². The third-order valence-corrected chi connectivity index (χ3v) is 4.72. The summed E-state index contributed by atoms with van der Waals surface area (Å²) >= 11 is 0. The van der Waals surface area contributed by atoms with E-state index in [-0.39, 0.29) is 24.3 Å². The minimum atomic E-state index is -0.442. The number of methoxy groups -OCH3 is 2. The number of rotatable bonds is 5. The van der Waals surface area contributed by atoms with Gasteiger partial charge >= 0.3 is 5.97 Å². The lowest BCUT2D eigenvalue weighted by Crippen LogP contribution is -2.25. The van der Waals surface area contributed by atoms with Crippen LogP contribution in [0, 0.1) is 0 Å². The van der Waals surface area contributed by atoms with Crippen molar-refractivity contribution in [3.8, 4) is 11.5 Å². The van der Waals surface area contributed by atoms with E-state index in [0.717, 1.165) is 16.3 Å². The standard InChI is InChI=1S/C14H15NO4.C10H9NO2/c1-3-19-13(17)9-15-12(16)8-7-10-5-4-6-11(18-2)14(10)15;1-13-8-4-2-3-7-5-6-9(12)11-10(7)8/h4-8H,3,9H2,1-2H3;2-6H,1H3,(H,11,12). The average molecular weight is 436 g/mol. The molecule has 2 aromatic carbocycles. The molecule has 0 fully saturated rings. The fraction of sp³-hybridized carbons (Fsp3) is 0.208. The molecule has 0 atom stereocenters. The maximum Gasteiger partial charge on any atom is 0.326 e. The van der Waals surface area contributed by atoms with Crippen molar-refractivity contribution < 1.29 is 19.0 Å². The first-order valence-corrected chi connectivity index (χ1v) is 9.96. The van der Waals surface area contributed by atoms with Crippen molar-refractivity contribution >= 4 is 27.8 Å². The number of nitrogens with one attached hydrogen (secondary N) is 1. The van der Waals surface area contributed by atoms with Crippen LogP contribution in [-0.4, -0.2) is 36.3 Å². The Bertz CT molecular complexity index is 1360. The van der Waals surface area contributed by atoms with Gasteiger partial charge in [0.2, 0.25) is 5.56 Å². The fourth-order valence-electron chi connectivity index (χ4n) is 3.30. The number of hydrogen-bond donors (Lipinski definition) is 1. The lowest BCUT2D eigenvalue weighted by atomic mass is 10.2. The highest BCUT2D eigenvalue weighted by atomic mass is 16.5. The maximum atomic E-state index is 11.9. The first-order chi connectivity index (χ1) is 15.5. The van der Waals surface area contributed by atoms with Crippen LogP contribution >= 0.6 is 0 Å². The predicted molar refractivity (Wildman–Crippen MR) is 123 cm³/mol. The van der Waals surface area contributed by atoms with E-state index in [4.69, 9.17) is 14.2 Å². The van der Waals surface area contributed by atoms with Crippen LogP contribution in [0.4, 0.5) is 0 Å². The van der Waals surface area contributed by atoms with Gasteiger partial charge in [0.1, 0.15) is 18.0 Å². The number of hydrogen-bond acceptors (Lipinski definition) is 6. The van der Waals surface area contributed by atoms with Crippen LogP contribution in [0.1, 0.15) is 6.92 Å². The monoisotopic (exact) mass is 436 g/mol. The zero-order chi connectivity index (χ0) is 23.1. The highest BCUT2D eigenvalue weighted by Crippen LogP contribution is 2.24. The van der Waals surface area contributed by atoms with Crippen LogP contribution in [-0.2, 0) is 16.1 Å². The van der Waals surface area contributed by atoms with Crippen molar-refractivity contribution in [2.24, 2.45) is 0 Å². The minimum absolute atomic E-state index is 0.114. The predicted octanol–water partition coefficient (Wildman–Crippen LogP) is 3.11. The Labute approximate surface area is 184 Å². The number of esters is 1. The van der Waals surface area contributed by atoms with Gasteiger partial charge < -0.3 is 19.2 Å². The van der Waals surface area contributed by atoms with E-state index in [0.29, 0.717) is 17.0 Å². The summed E-state index contributed by atoms with van der Waals surface area (Å²) in [5.74, 6) is 0.803. The molecule has 4 aromatic rings. The molecule has 0 radical (unpaired) electrons. The summed E-state index contributed by atoms with van der Waals surface area (Å²) in [6.07, 6.45) is 0. The Kier molecular flexibility index (Phi) is 7.28. The van der Waals surface area contributed by atoms with Gasteiger partial charge in [0, 0.05) is 22.9 Å². The third-order valence-electron chi connectivity index (χ3n) is 4.72. The molecule has 0 unspecified atom stereocenters. The maximum absolute atomic E-state index is 11.9. The average Bonchev–Trinajstić information content (AvgIpc) is 2.80. The smallest absolute Gasteiger partial charge is 0.326 e. The molecule has 166 valence electrons. The van der Waals surface area contributed by atoms with E-state index in [1.54, 1.807) is 32.2 Å². The van der Waals surface area contributed by atoms with Crippen molar-refractivity contribution in [2.75, 3.05) is 20.8 Å². The molecule has 2 heterocycles. The molecule has 0 saturated heterocycles. The molecule has 1 N–H and O–H groups in total. The molecule has 0 aliphatic carbocycles. The quantitative estimate of drug-likeness (QED) is 0.483. The molecule has 0 amide bonds. The number of aromatic amines is 1. The van der Waals surface area contributed by atoms with Crippen molar-refractivity contribution in [3.63, 3.8) is 0 Å². The number of carbonyl (C=O) groups excluding carboxylic acids is 1.